The highest BCUT2D eigenvalue weighted by molar-refractivity contribution is 6.06. The van der Waals surface area contributed by atoms with Crippen LogP contribution in [-0.4, -0.2) is 62.3 Å². The van der Waals surface area contributed by atoms with E-state index in [1.54, 1.807) is 61.7 Å². The zero-order valence-electron chi connectivity index (χ0n) is 28.4. The van der Waals surface area contributed by atoms with E-state index in [1.165, 1.54) is 12.8 Å². The van der Waals surface area contributed by atoms with Gasteiger partial charge in [-0.2, -0.15) is 0 Å². The van der Waals surface area contributed by atoms with Crippen molar-refractivity contribution in [3.05, 3.63) is 66.2 Å². The number of rotatable bonds is 16. The minimum atomic E-state index is -0.291. The van der Waals surface area contributed by atoms with Gasteiger partial charge < -0.3 is 39.8 Å². The number of ether oxygens (including phenoxy) is 4. The number of amides is 3. The minimum absolute atomic E-state index is 0.118. The minimum Gasteiger partial charge on any atom is -0.496 e. The van der Waals surface area contributed by atoms with Gasteiger partial charge in [-0.05, 0) is 94.1 Å². The standard InChI is InChI=1S/C37H50N4O6/c1-6-10-21-41-22-19-30(20-23-41)46-31-16-17-32(34(25-31)44-5)36(42)38-27-11-14-29(15-12-27)47-33-18-13-28(24-35(33)45-9-4)40-37(43)39-26(7-2)8-3/h11-18,24-26,30H,6-10,19-23H2,1-5H3,(H,38,42)(H2,39,40,43). The van der Waals surface area contributed by atoms with E-state index in [1.807, 2.05) is 26.8 Å². The lowest BCUT2D eigenvalue weighted by Gasteiger charge is -2.32. The van der Waals surface area contributed by atoms with Crippen molar-refractivity contribution in [2.45, 2.75) is 78.4 Å². The van der Waals surface area contributed by atoms with Gasteiger partial charge in [-0.15, -0.1) is 0 Å². The van der Waals surface area contributed by atoms with Gasteiger partial charge in [0, 0.05) is 42.6 Å². The van der Waals surface area contributed by atoms with Crippen LogP contribution in [0.3, 0.4) is 0 Å². The molecule has 0 aromatic heterocycles. The summed E-state index contributed by atoms with van der Waals surface area (Å²) in [6.45, 7) is 11.9. The molecule has 4 rings (SSSR count). The molecule has 0 spiro atoms. The van der Waals surface area contributed by atoms with Crippen molar-refractivity contribution >= 4 is 23.3 Å². The Morgan fingerprint density at radius 3 is 2.19 bits per heavy atom. The van der Waals surface area contributed by atoms with Crippen molar-refractivity contribution in [2.75, 3.05) is 44.0 Å². The molecule has 1 fully saturated rings. The fourth-order valence-electron chi connectivity index (χ4n) is 5.47. The highest BCUT2D eigenvalue weighted by Crippen LogP contribution is 2.35. The topological polar surface area (TPSA) is 110 Å². The van der Waals surface area contributed by atoms with Gasteiger partial charge in [-0.3, -0.25) is 4.79 Å². The summed E-state index contributed by atoms with van der Waals surface area (Å²) in [5, 5.41) is 8.76. The van der Waals surface area contributed by atoms with E-state index >= 15 is 0 Å². The molecule has 0 radical (unpaired) electrons. The fraction of sp³-hybridized carbons (Fsp3) is 0.459. The maximum atomic E-state index is 13.2. The maximum absolute atomic E-state index is 13.2. The SMILES string of the molecule is CCCCN1CCC(Oc2ccc(C(=O)Nc3ccc(Oc4ccc(NC(=O)NC(CC)CC)cc4OCC)cc3)c(OC)c2)CC1. The van der Waals surface area contributed by atoms with Crippen molar-refractivity contribution in [3.8, 4) is 28.7 Å². The molecule has 0 unspecified atom stereocenters. The van der Waals surface area contributed by atoms with Gasteiger partial charge in [0.05, 0.1) is 19.3 Å². The average molecular weight is 647 g/mol. The van der Waals surface area contributed by atoms with Gasteiger partial charge in [-0.25, -0.2) is 4.79 Å². The smallest absolute Gasteiger partial charge is 0.319 e. The van der Waals surface area contributed by atoms with E-state index in [2.05, 4.69) is 27.8 Å². The van der Waals surface area contributed by atoms with Gasteiger partial charge >= 0.3 is 6.03 Å². The summed E-state index contributed by atoms with van der Waals surface area (Å²) in [7, 11) is 1.55. The molecular weight excluding hydrogens is 596 g/mol. The molecule has 3 aromatic rings. The summed E-state index contributed by atoms with van der Waals surface area (Å²) in [6, 6.07) is 17.5. The second-order valence-corrected chi connectivity index (χ2v) is 11.7. The quantitative estimate of drug-likeness (QED) is 0.144. The summed E-state index contributed by atoms with van der Waals surface area (Å²) in [5.41, 5.74) is 1.62. The first-order valence-electron chi connectivity index (χ1n) is 16.9. The molecule has 1 saturated heterocycles. The predicted octanol–water partition coefficient (Wildman–Crippen LogP) is 8.09. The van der Waals surface area contributed by atoms with Crippen molar-refractivity contribution in [2.24, 2.45) is 0 Å². The van der Waals surface area contributed by atoms with Crippen LogP contribution in [0.5, 0.6) is 28.7 Å². The van der Waals surface area contributed by atoms with Gasteiger partial charge in [0.15, 0.2) is 11.5 Å². The molecule has 254 valence electrons. The third kappa shape index (κ3) is 10.5. The molecule has 0 aliphatic carbocycles. The summed E-state index contributed by atoms with van der Waals surface area (Å²) in [5.74, 6) is 2.43. The van der Waals surface area contributed by atoms with E-state index in [9.17, 15) is 9.59 Å². The second-order valence-electron chi connectivity index (χ2n) is 11.7. The van der Waals surface area contributed by atoms with E-state index in [0.29, 0.717) is 52.3 Å². The first-order valence-corrected chi connectivity index (χ1v) is 16.9. The van der Waals surface area contributed by atoms with Gasteiger partial charge in [0.2, 0.25) is 0 Å². The number of likely N-dealkylation sites (tertiary alicyclic amines) is 1. The van der Waals surface area contributed by atoms with Crippen LogP contribution in [0.1, 0.15) is 76.6 Å². The number of hydrogen-bond acceptors (Lipinski definition) is 7. The van der Waals surface area contributed by atoms with Crippen molar-refractivity contribution in [1.82, 2.24) is 10.2 Å². The molecule has 0 bridgehead atoms. The molecular formula is C37H50N4O6. The first-order chi connectivity index (χ1) is 22.8. The first kappa shape index (κ1) is 35.4. The summed E-state index contributed by atoms with van der Waals surface area (Å²) >= 11 is 0. The molecule has 47 heavy (non-hydrogen) atoms. The van der Waals surface area contributed by atoms with E-state index in [0.717, 1.165) is 45.3 Å². The van der Waals surface area contributed by atoms with E-state index in [4.69, 9.17) is 18.9 Å². The number of nitrogens with zero attached hydrogens (tertiary/aromatic N) is 1. The van der Waals surface area contributed by atoms with E-state index < -0.39 is 0 Å². The number of carbonyl (C=O) groups is 2. The van der Waals surface area contributed by atoms with Crippen molar-refractivity contribution in [3.63, 3.8) is 0 Å². The molecule has 1 aliphatic rings. The molecule has 10 nitrogen and oxygen atoms in total. The summed E-state index contributed by atoms with van der Waals surface area (Å²) in [4.78, 5) is 28.1. The number of benzene rings is 3. The Labute approximate surface area is 279 Å². The molecule has 3 aromatic carbocycles. The lowest BCUT2D eigenvalue weighted by atomic mass is 10.1. The summed E-state index contributed by atoms with van der Waals surface area (Å²) < 4.78 is 23.7. The molecule has 0 saturated carbocycles. The fourth-order valence-corrected chi connectivity index (χ4v) is 5.47. The van der Waals surface area contributed by atoms with Crippen LogP contribution in [-0.2, 0) is 0 Å². The zero-order chi connectivity index (χ0) is 33.6. The molecule has 1 aliphatic heterocycles. The van der Waals surface area contributed by atoms with Gasteiger partial charge in [0.1, 0.15) is 23.4 Å². The third-order valence-electron chi connectivity index (χ3n) is 8.25. The number of anilines is 2. The Kier molecular flexibility index (Phi) is 13.6. The Hall–Kier alpha value is -4.44. The van der Waals surface area contributed by atoms with Gasteiger partial charge in [-0.1, -0.05) is 27.2 Å². The Balaban J connectivity index is 1.34. The summed E-state index contributed by atoms with van der Waals surface area (Å²) in [6.07, 6.45) is 6.29. The van der Waals surface area contributed by atoms with E-state index in [-0.39, 0.29) is 24.1 Å². The Bertz CT molecular complexity index is 1440. The predicted molar refractivity (Wildman–Crippen MR) is 187 cm³/mol. The number of hydrogen-bond donors (Lipinski definition) is 3. The van der Waals surface area contributed by atoms with Crippen LogP contribution < -0.4 is 34.9 Å². The molecule has 3 amide bonds. The largest absolute Gasteiger partial charge is 0.496 e. The molecule has 0 atom stereocenters. The number of unbranched alkanes of at least 4 members (excludes halogenated alkanes) is 1. The number of carbonyl (C=O) groups excluding carboxylic acids is 2. The maximum Gasteiger partial charge on any atom is 0.319 e. The second kappa shape index (κ2) is 18.0. The Morgan fingerprint density at radius 1 is 0.830 bits per heavy atom. The normalized spacial score (nSPS) is 13.6. The van der Waals surface area contributed by atoms with Crippen LogP contribution in [0, 0.1) is 0 Å². The van der Waals surface area contributed by atoms with Crippen LogP contribution in [0.4, 0.5) is 16.2 Å². The molecule has 1 heterocycles. The van der Waals surface area contributed by atoms with Crippen molar-refractivity contribution in [1.29, 1.82) is 0 Å². The third-order valence-corrected chi connectivity index (χ3v) is 8.25. The number of piperidine rings is 1. The van der Waals surface area contributed by atoms with Gasteiger partial charge in [0.25, 0.3) is 5.91 Å². The number of urea groups is 1. The lowest BCUT2D eigenvalue weighted by molar-refractivity contribution is 0.0993. The van der Waals surface area contributed by atoms with Crippen LogP contribution in [0.15, 0.2) is 60.7 Å². The zero-order valence-corrected chi connectivity index (χ0v) is 28.4. The molecule has 3 N–H and O–H groups in total. The molecule has 10 heteroatoms. The van der Waals surface area contributed by atoms with Crippen LogP contribution >= 0.6 is 0 Å². The number of methoxy groups -OCH3 is 1. The van der Waals surface area contributed by atoms with Crippen molar-refractivity contribution < 1.29 is 28.5 Å². The average Bonchev–Trinajstić information content (AvgIpc) is 3.08. The lowest BCUT2D eigenvalue weighted by Crippen LogP contribution is -2.38. The van der Waals surface area contributed by atoms with Crippen LogP contribution in [0.25, 0.3) is 0 Å². The number of nitrogens with one attached hydrogen (secondary N) is 3. The monoisotopic (exact) mass is 646 g/mol. The highest BCUT2D eigenvalue weighted by atomic mass is 16.5. The Morgan fingerprint density at radius 2 is 1.53 bits per heavy atom. The van der Waals surface area contributed by atoms with Crippen LogP contribution in [0.2, 0.25) is 0 Å². The highest BCUT2D eigenvalue weighted by Gasteiger charge is 2.21.